The van der Waals surface area contributed by atoms with E-state index in [1.807, 2.05) is 25.8 Å². The number of amides is 1. The van der Waals surface area contributed by atoms with Gasteiger partial charge in [0.15, 0.2) is 0 Å². The number of likely N-dealkylation sites (N-methyl/N-ethyl adjacent to an activating group) is 2. The zero-order valence-corrected chi connectivity index (χ0v) is 9.24. The Balaban J connectivity index is 4.24. The number of hydrogen-bond donors (Lipinski definition) is 1. The van der Waals surface area contributed by atoms with Crippen LogP contribution in [0.25, 0.3) is 0 Å². The molecular formula is C9H21N3O. The van der Waals surface area contributed by atoms with Crippen LogP contribution in [0.15, 0.2) is 0 Å². The molecule has 2 unspecified atom stereocenters. The van der Waals surface area contributed by atoms with E-state index in [1.165, 1.54) is 0 Å². The van der Waals surface area contributed by atoms with Gasteiger partial charge >= 0.3 is 0 Å². The lowest BCUT2D eigenvalue weighted by Gasteiger charge is -2.30. The minimum absolute atomic E-state index is 0.103. The highest BCUT2D eigenvalue weighted by atomic mass is 16.2. The van der Waals surface area contributed by atoms with Crippen LogP contribution in [0, 0.1) is 0 Å². The summed E-state index contributed by atoms with van der Waals surface area (Å²) < 4.78 is 0. The number of carbonyl (C=O) groups is 1. The van der Waals surface area contributed by atoms with Crippen molar-refractivity contribution in [1.82, 2.24) is 9.80 Å². The summed E-state index contributed by atoms with van der Waals surface area (Å²) >= 11 is 0. The van der Waals surface area contributed by atoms with Gasteiger partial charge in [-0.1, -0.05) is 0 Å². The summed E-state index contributed by atoms with van der Waals surface area (Å²) in [5.41, 5.74) is 5.52. The molecule has 0 bridgehead atoms. The van der Waals surface area contributed by atoms with Crippen LogP contribution >= 0.6 is 0 Å². The van der Waals surface area contributed by atoms with Crippen LogP contribution in [0.2, 0.25) is 0 Å². The topological polar surface area (TPSA) is 49.6 Å². The maximum absolute atomic E-state index is 11.5. The summed E-state index contributed by atoms with van der Waals surface area (Å²) in [6, 6.07) is 0.132. The molecule has 0 aliphatic heterocycles. The first kappa shape index (κ1) is 12.4. The largest absolute Gasteiger partial charge is 0.347 e. The van der Waals surface area contributed by atoms with E-state index in [0.717, 1.165) is 0 Å². The summed E-state index contributed by atoms with van der Waals surface area (Å²) in [6.07, 6.45) is 0. The average Bonchev–Trinajstić information content (AvgIpc) is 2.12. The molecule has 2 N–H and O–H groups in total. The van der Waals surface area contributed by atoms with Gasteiger partial charge in [-0.25, -0.2) is 0 Å². The molecule has 0 radical (unpaired) electrons. The average molecular weight is 187 g/mol. The Bertz CT molecular complexity index is 170. The fourth-order valence-corrected chi connectivity index (χ4v) is 1.10. The predicted octanol–water partition coefficient (Wildman–Crippen LogP) is -0.258. The number of rotatable bonds is 4. The highest BCUT2D eigenvalue weighted by Gasteiger charge is 2.22. The molecule has 0 rings (SSSR count). The second kappa shape index (κ2) is 5.19. The van der Waals surface area contributed by atoms with Crippen LogP contribution in [0.5, 0.6) is 0 Å². The monoisotopic (exact) mass is 187 g/mol. The molecule has 0 saturated carbocycles. The summed E-state index contributed by atoms with van der Waals surface area (Å²) in [7, 11) is 5.45. The van der Waals surface area contributed by atoms with Crippen molar-refractivity contribution in [3.8, 4) is 0 Å². The van der Waals surface area contributed by atoms with Crippen LogP contribution in [0.3, 0.4) is 0 Å². The first-order chi connectivity index (χ1) is 5.91. The van der Waals surface area contributed by atoms with Gasteiger partial charge in [-0.2, -0.15) is 0 Å². The normalized spacial score (nSPS) is 15.6. The lowest BCUT2D eigenvalue weighted by molar-refractivity contribution is -0.133. The standard InChI is InChI=1S/C9H21N3O/c1-7(6-10)12(5)8(2)9(13)11(3)4/h7-8H,6,10H2,1-5H3. The van der Waals surface area contributed by atoms with E-state index < -0.39 is 0 Å². The van der Waals surface area contributed by atoms with E-state index in [4.69, 9.17) is 5.73 Å². The third-order valence-electron chi connectivity index (χ3n) is 2.45. The van der Waals surface area contributed by atoms with Gasteiger partial charge < -0.3 is 10.6 Å². The molecule has 1 amide bonds. The Morgan fingerprint density at radius 2 is 1.77 bits per heavy atom. The van der Waals surface area contributed by atoms with Crippen LogP contribution in [-0.2, 0) is 4.79 Å². The van der Waals surface area contributed by atoms with E-state index in [-0.39, 0.29) is 18.0 Å². The second-order valence-corrected chi connectivity index (χ2v) is 3.66. The molecule has 0 aromatic carbocycles. The van der Waals surface area contributed by atoms with Crippen molar-refractivity contribution < 1.29 is 4.79 Å². The van der Waals surface area contributed by atoms with E-state index in [2.05, 4.69) is 0 Å². The van der Waals surface area contributed by atoms with Gasteiger partial charge in [0.25, 0.3) is 0 Å². The molecule has 2 atom stereocenters. The SMILES string of the molecule is CC(CN)N(C)C(C)C(=O)N(C)C. The van der Waals surface area contributed by atoms with Gasteiger partial charge in [-0.15, -0.1) is 0 Å². The first-order valence-electron chi connectivity index (χ1n) is 4.55. The highest BCUT2D eigenvalue weighted by Crippen LogP contribution is 2.03. The van der Waals surface area contributed by atoms with Crippen molar-refractivity contribution in [3.63, 3.8) is 0 Å². The van der Waals surface area contributed by atoms with Gasteiger partial charge in [-0.3, -0.25) is 9.69 Å². The summed E-state index contributed by atoms with van der Waals surface area (Å²) in [4.78, 5) is 15.1. The highest BCUT2D eigenvalue weighted by molar-refractivity contribution is 5.80. The molecule has 4 nitrogen and oxygen atoms in total. The van der Waals surface area contributed by atoms with Gasteiger partial charge in [0, 0.05) is 26.7 Å². The van der Waals surface area contributed by atoms with Gasteiger partial charge in [0.2, 0.25) is 5.91 Å². The molecule has 4 heteroatoms. The number of nitrogens with two attached hydrogens (primary N) is 1. The summed E-state index contributed by atoms with van der Waals surface area (Å²) in [5, 5.41) is 0. The van der Waals surface area contributed by atoms with Crippen molar-refractivity contribution in [2.45, 2.75) is 25.9 Å². The minimum atomic E-state index is -0.103. The number of carbonyl (C=O) groups excluding carboxylic acids is 1. The molecule has 78 valence electrons. The fourth-order valence-electron chi connectivity index (χ4n) is 1.10. The first-order valence-corrected chi connectivity index (χ1v) is 4.55. The molecule has 0 aliphatic rings. The van der Waals surface area contributed by atoms with Gasteiger partial charge in [0.05, 0.1) is 6.04 Å². The third-order valence-corrected chi connectivity index (χ3v) is 2.45. The minimum Gasteiger partial charge on any atom is -0.347 e. The Morgan fingerprint density at radius 1 is 1.31 bits per heavy atom. The maximum atomic E-state index is 11.5. The van der Waals surface area contributed by atoms with Gasteiger partial charge in [0.1, 0.15) is 0 Å². The van der Waals surface area contributed by atoms with Crippen molar-refractivity contribution in [1.29, 1.82) is 0 Å². The van der Waals surface area contributed by atoms with Crippen LogP contribution < -0.4 is 5.73 Å². The van der Waals surface area contributed by atoms with E-state index in [0.29, 0.717) is 6.54 Å². The Hall–Kier alpha value is -0.610. The molecule has 0 fully saturated rings. The molecular weight excluding hydrogens is 166 g/mol. The van der Waals surface area contributed by atoms with Crippen molar-refractivity contribution in [2.75, 3.05) is 27.7 Å². The van der Waals surface area contributed by atoms with E-state index in [9.17, 15) is 4.79 Å². The number of hydrogen-bond acceptors (Lipinski definition) is 3. The lowest BCUT2D eigenvalue weighted by Crippen LogP contribution is -2.48. The summed E-state index contributed by atoms with van der Waals surface area (Å²) in [5.74, 6) is 0.114. The predicted molar refractivity (Wildman–Crippen MR) is 54.4 cm³/mol. The van der Waals surface area contributed by atoms with Crippen LogP contribution in [0.4, 0.5) is 0 Å². The smallest absolute Gasteiger partial charge is 0.239 e. The van der Waals surface area contributed by atoms with Crippen molar-refractivity contribution in [2.24, 2.45) is 5.73 Å². The van der Waals surface area contributed by atoms with E-state index in [1.54, 1.807) is 19.0 Å². The molecule has 0 spiro atoms. The lowest BCUT2D eigenvalue weighted by atomic mass is 10.2. The van der Waals surface area contributed by atoms with Crippen molar-refractivity contribution in [3.05, 3.63) is 0 Å². The molecule has 0 aliphatic carbocycles. The molecule has 13 heavy (non-hydrogen) atoms. The Kier molecular flexibility index (Phi) is 4.95. The van der Waals surface area contributed by atoms with Crippen LogP contribution in [0.1, 0.15) is 13.8 Å². The zero-order chi connectivity index (χ0) is 10.6. The quantitative estimate of drug-likeness (QED) is 0.660. The zero-order valence-electron chi connectivity index (χ0n) is 9.24. The Morgan fingerprint density at radius 3 is 2.08 bits per heavy atom. The summed E-state index contributed by atoms with van der Waals surface area (Å²) in [6.45, 7) is 4.48. The third kappa shape index (κ3) is 3.32. The van der Waals surface area contributed by atoms with E-state index >= 15 is 0 Å². The molecule has 0 heterocycles. The molecule has 0 saturated heterocycles. The van der Waals surface area contributed by atoms with Crippen molar-refractivity contribution >= 4 is 5.91 Å². The fraction of sp³-hybridized carbons (Fsp3) is 0.889. The number of nitrogens with zero attached hydrogens (tertiary/aromatic N) is 2. The molecule has 0 aromatic rings. The second-order valence-electron chi connectivity index (χ2n) is 3.66. The molecule has 0 aromatic heterocycles. The Labute approximate surface area is 80.7 Å². The van der Waals surface area contributed by atoms with Crippen LogP contribution in [-0.4, -0.2) is 55.5 Å². The maximum Gasteiger partial charge on any atom is 0.239 e. The van der Waals surface area contributed by atoms with Gasteiger partial charge in [-0.05, 0) is 20.9 Å².